The zero-order valence-electron chi connectivity index (χ0n) is 19.9. The van der Waals surface area contributed by atoms with Crippen molar-refractivity contribution in [3.05, 3.63) is 41.3 Å². The number of carbonyl (C=O) groups excluding carboxylic acids is 2. The standard InChI is InChI=1S/C24H28N6O5S/c1-2-17-14-18-21(26-23(27-22(18)36-17)28-24(34)25-9-8-20(32)33)30-12-10-29(11-13-30)19(31)15-35-16-6-4-3-5-7-16/h3-7,14H,2,8-13,15H2,1H3,(H,32,33)(H2,25,26,27,28,34). The van der Waals surface area contributed by atoms with Gasteiger partial charge in [0, 0.05) is 37.6 Å². The van der Waals surface area contributed by atoms with Gasteiger partial charge in [-0.2, -0.15) is 4.98 Å². The zero-order valence-corrected chi connectivity index (χ0v) is 20.7. The fourth-order valence-electron chi connectivity index (χ4n) is 3.78. The number of fused-ring (bicyclic) bond motifs is 1. The fraction of sp³-hybridized carbons (Fsp3) is 0.375. The minimum Gasteiger partial charge on any atom is -0.484 e. The molecule has 2 aromatic heterocycles. The number of urea groups is 1. The monoisotopic (exact) mass is 512 g/mol. The Morgan fingerprint density at radius 3 is 2.56 bits per heavy atom. The molecule has 4 rings (SSSR count). The number of amides is 3. The highest BCUT2D eigenvalue weighted by atomic mass is 32.1. The Kier molecular flexibility index (Phi) is 8.16. The Morgan fingerprint density at radius 1 is 1.11 bits per heavy atom. The molecule has 1 saturated heterocycles. The Hall–Kier alpha value is -3.93. The molecule has 0 saturated carbocycles. The maximum atomic E-state index is 12.6. The van der Waals surface area contributed by atoms with E-state index in [1.165, 1.54) is 0 Å². The van der Waals surface area contributed by atoms with Crippen molar-refractivity contribution in [1.82, 2.24) is 20.2 Å². The van der Waals surface area contributed by atoms with E-state index in [2.05, 4.69) is 38.5 Å². The number of carbonyl (C=O) groups is 3. The largest absolute Gasteiger partial charge is 0.484 e. The topological polar surface area (TPSA) is 137 Å². The molecule has 0 aliphatic carbocycles. The molecule has 12 heteroatoms. The molecule has 0 atom stereocenters. The maximum absolute atomic E-state index is 12.6. The number of carboxylic acids is 1. The molecule has 11 nitrogen and oxygen atoms in total. The first kappa shape index (κ1) is 25.2. The molecule has 3 heterocycles. The quantitative estimate of drug-likeness (QED) is 0.398. The van der Waals surface area contributed by atoms with Crippen LogP contribution in [-0.2, 0) is 16.0 Å². The average Bonchev–Trinajstić information content (AvgIpc) is 3.30. The van der Waals surface area contributed by atoms with Gasteiger partial charge >= 0.3 is 12.0 Å². The van der Waals surface area contributed by atoms with Gasteiger partial charge in [-0.1, -0.05) is 25.1 Å². The van der Waals surface area contributed by atoms with Crippen molar-refractivity contribution in [2.45, 2.75) is 19.8 Å². The third kappa shape index (κ3) is 6.39. The summed E-state index contributed by atoms with van der Waals surface area (Å²) in [6, 6.07) is 10.7. The highest BCUT2D eigenvalue weighted by molar-refractivity contribution is 7.18. The average molecular weight is 513 g/mol. The van der Waals surface area contributed by atoms with Crippen LogP contribution in [-0.4, -0.2) is 77.2 Å². The number of ether oxygens (including phenoxy) is 1. The van der Waals surface area contributed by atoms with E-state index in [1.807, 2.05) is 30.3 Å². The van der Waals surface area contributed by atoms with Crippen LogP contribution in [0.4, 0.5) is 16.6 Å². The number of hydrogen-bond acceptors (Lipinski definition) is 8. The third-order valence-corrected chi connectivity index (χ3v) is 6.83. The number of nitrogens with one attached hydrogen (secondary N) is 2. The van der Waals surface area contributed by atoms with Crippen molar-refractivity contribution >= 4 is 51.2 Å². The van der Waals surface area contributed by atoms with Crippen LogP contribution in [0, 0.1) is 0 Å². The van der Waals surface area contributed by atoms with Gasteiger partial charge in [-0.25, -0.2) is 9.78 Å². The molecule has 3 amide bonds. The SMILES string of the molecule is CCc1cc2c(N3CCN(C(=O)COc4ccccc4)CC3)nc(NC(=O)NCCC(=O)O)nc2s1. The van der Waals surface area contributed by atoms with Crippen LogP contribution in [0.25, 0.3) is 10.2 Å². The van der Waals surface area contributed by atoms with Gasteiger partial charge in [0.1, 0.15) is 16.4 Å². The molecule has 1 aromatic carbocycles. The Morgan fingerprint density at radius 2 is 1.86 bits per heavy atom. The predicted molar refractivity (Wildman–Crippen MR) is 137 cm³/mol. The van der Waals surface area contributed by atoms with Gasteiger partial charge in [-0.15, -0.1) is 11.3 Å². The lowest BCUT2D eigenvalue weighted by Gasteiger charge is -2.35. The molecule has 3 N–H and O–H groups in total. The summed E-state index contributed by atoms with van der Waals surface area (Å²) in [6.07, 6.45) is 0.672. The molecule has 36 heavy (non-hydrogen) atoms. The van der Waals surface area contributed by atoms with Gasteiger partial charge in [0.15, 0.2) is 6.61 Å². The first-order valence-corrected chi connectivity index (χ1v) is 12.5. The molecule has 0 unspecified atom stereocenters. The van der Waals surface area contributed by atoms with Crippen LogP contribution in [0.2, 0.25) is 0 Å². The smallest absolute Gasteiger partial charge is 0.321 e. The minimum atomic E-state index is -0.995. The first-order chi connectivity index (χ1) is 17.4. The van der Waals surface area contributed by atoms with Crippen molar-refractivity contribution in [2.75, 3.05) is 49.5 Å². The summed E-state index contributed by atoms with van der Waals surface area (Å²) in [5.41, 5.74) is 0. The highest BCUT2D eigenvalue weighted by Gasteiger charge is 2.25. The van der Waals surface area contributed by atoms with Gasteiger partial charge in [0.25, 0.3) is 5.91 Å². The Labute approximate surface area is 212 Å². The van der Waals surface area contributed by atoms with E-state index in [-0.39, 0.29) is 31.4 Å². The number of thiophene rings is 1. The van der Waals surface area contributed by atoms with Gasteiger partial charge in [0.2, 0.25) is 5.95 Å². The third-order valence-electron chi connectivity index (χ3n) is 5.66. The second kappa shape index (κ2) is 11.7. The number of carboxylic acid groups (broad SMARTS) is 1. The lowest BCUT2D eigenvalue weighted by Crippen LogP contribution is -2.50. The van der Waals surface area contributed by atoms with Gasteiger partial charge < -0.3 is 25.0 Å². The molecule has 190 valence electrons. The van der Waals surface area contributed by atoms with E-state index in [0.717, 1.165) is 21.5 Å². The number of aliphatic carboxylic acids is 1. The van der Waals surface area contributed by atoms with E-state index >= 15 is 0 Å². The summed E-state index contributed by atoms with van der Waals surface area (Å²) in [4.78, 5) is 50.4. The molecule has 0 spiro atoms. The lowest BCUT2D eigenvalue weighted by atomic mass is 10.2. The molecule has 3 aromatic rings. The fourth-order valence-corrected chi connectivity index (χ4v) is 4.74. The van der Waals surface area contributed by atoms with Crippen LogP contribution in [0.3, 0.4) is 0 Å². The summed E-state index contributed by atoms with van der Waals surface area (Å²) in [7, 11) is 0. The molecule has 1 aliphatic rings. The molecule has 1 fully saturated rings. The number of aromatic nitrogens is 2. The van der Waals surface area contributed by atoms with Crippen molar-refractivity contribution in [1.29, 1.82) is 0 Å². The van der Waals surface area contributed by atoms with Crippen LogP contribution in [0.15, 0.2) is 36.4 Å². The first-order valence-electron chi connectivity index (χ1n) is 11.7. The number of aryl methyl sites for hydroxylation is 1. The van der Waals surface area contributed by atoms with Crippen molar-refractivity contribution in [3.8, 4) is 5.75 Å². The number of para-hydroxylation sites is 1. The van der Waals surface area contributed by atoms with Crippen molar-refractivity contribution in [2.24, 2.45) is 0 Å². The van der Waals surface area contributed by atoms with Crippen LogP contribution in [0.1, 0.15) is 18.2 Å². The molecule has 0 radical (unpaired) electrons. The van der Waals surface area contributed by atoms with Crippen molar-refractivity contribution < 1.29 is 24.2 Å². The Bertz CT molecular complexity index is 1230. The summed E-state index contributed by atoms with van der Waals surface area (Å²) < 4.78 is 5.60. The van der Waals surface area contributed by atoms with Crippen LogP contribution >= 0.6 is 11.3 Å². The van der Waals surface area contributed by atoms with E-state index in [9.17, 15) is 14.4 Å². The van der Waals surface area contributed by atoms with Gasteiger partial charge in [-0.05, 0) is 24.6 Å². The summed E-state index contributed by atoms with van der Waals surface area (Å²) in [5.74, 6) is 0.429. The number of anilines is 2. The highest BCUT2D eigenvalue weighted by Crippen LogP contribution is 2.33. The summed E-state index contributed by atoms with van der Waals surface area (Å²) >= 11 is 1.54. The Balaban J connectivity index is 1.42. The number of nitrogens with zero attached hydrogens (tertiary/aromatic N) is 4. The maximum Gasteiger partial charge on any atom is 0.321 e. The predicted octanol–water partition coefficient (Wildman–Crippen LogP) is 2.58. The molecule has 0 bridgehead atoms. The molecule has 1 aliphatic heterocycles. The number of rotatable bonds is 9. The van der Waals surface area contributed by atoms with Gasteiger partial charge in [-0.3, -0.25) is 14.9 Å². The molecular formula is C24H28N6O5S. The lowest BCUT2D eigenvalue weighted by molar-refractivity contribution is -0.137. The number of piperazine rings is 1. The summed E-state index contributed by atoms with van der Waals surface area (Å²) in [6.45, 7) is 4.23. The summed E-state index contributed by atoms with van der Waals surface area (Å²) in [5, 5.41) is 14.7. The van der Waals surface area contributed by atoms with E-state index < -0.39 is 12.0 Å². The van der Waals surface area contributed by atoms with Crippen LogP contribution < -0.4 is 20.3 Å². The second-order valence-electron chi connectivity index (χ2n) is 8.15. The van der Waals surface area contributed by atoms with E-state index in [4.69, 9.17) is 9.84 Å². The van der Waals surface area contributed by atoms with Crippen LogP contribution in [0.5, 0.6) is 5.75 Å². The second-order valence-corrected chi connectivity index (χ2v) is 9.27. The number of benzene rings is 1. The van der Waals surface area contributed by atoms with Gasteiger partial charge in [0.05, 0.1) is 11.8 Å². The van der Waals surface area contributed by atoms with E-state index in [0.29, 0.717) is 37.7 Å². The normalized spacial score (nSPS) is 13.5. The molecular weight excluding hydrogens is 484 g/mol. The minimum absolute atomic E-state index is 0.000766. The zero-order chi connectivity index (χ0) is 25.5. The number of hydrogen-bond donors (Lipinski definition) is 3. The van der Waals surface area contributed by atoms with Crippen molar-refractivity contribution in [3.63, 3.8) is 0 Å². The van der Waals surface area contributed by atoms with E-state index in [1.54, 1.807) is 16.2 Å².